The fraction of sp³-hybridized carbons (Fsp3) is 0.500. The van der Waals surface area contributed by atoms with Crippen molar-refractivity contribution < 1.29 is 0 Å². The predicted molar refractivity (Wildman–Crippen MR) is 52.2 cm³/mol. The first kappa shape index (κ1) is 7.91. The van der Waals surface area contributed by atoms with Crippen LogP contribution in [0.15, 0.2) is 6.33 Å². The first-order valence-electron chi connectivity index (χ1n) is 5.04. The zero-order chi connectivity index (χ0) is 9.54. The molecule has 0 unspecified atom stereocenters. The molecule has 0 fully saturated rings. The molecule has 0 spiro atoms. The lowest BCUT2D eigenvalue weighted by Crippen LogP contribution is -2.13. The maximum absolute atomic E-state index is 4.44. The zero-order valence-electron chi connectivity index (χ0n) is 8.19. The third kappa shape index (κ3) is 0.967. The Bertz CT molecular complexity index is 486. The second-order valence-corrected chi connectivity index (χ2v) is 3.80. The van der Waals surface area contributed by atoms with Crippen LogP contribution in [-0.4, -0.2) is 19.6 Å². The van der Waals surface area contributed by atoms with Gasteiger partial charge in [-0.1, -0.05) is 0 Å². The first-order valence-corrected chi connectivity index (χ1v) is 5.04. The van der Waals surface area contributed by atoms with Crippen LogP contribution < -0.4 is 0 Å². The molecule has 0 aliphatic heterocycles. The molecule has 0 saturated heterocycles. The van der Waals surface area contributed by atoms with Gasteiger partial charge in [0.1, 0.15) is 6.33 Å². The van der Waals surface area contributed by atoms with Crippen LogP contribution in [0.2, 0.25) is 0 Å². The molecule has 4 nitrogen and oxygen atoms in total. The highest BCUT2D eigenvalue weighted by molar-refractivity contribution is 5.37. The van der Waals surface area contributed by atoms with Crippen molar-refractivity contribution in [1.82, 2.24) is 19.6 Å². The van der Waals surface area contributed by atoms with E-state index in [2.05, 4.69) is 22.0 Å². The average Bonchev–Trinajstić information content (AvgIpc) is 2.66. The van der Waals surface area contributed by atoms with Gasteiger partial charge in [0.05, 0.1) is 5.69 Å². The monoisotopic (exact) mass is 188 g/mol. The summed E-state index contributed by atoms with van der Waals surface area (Å²) in [6.07, 6.45) is 6.36. The molecule has 2 heterocycles. The lowest BCUT2D eigenvalue weighted by atomic mass is 9.95. The first-order chi connectivity index (χ1) is 6.86. The summed E-state index contributed by atoms with van der Waals surface area (Å²) >= 11 is 0. The average molecular weight is 188 g/mol. The van der Waals surface area contributed by atoms with Crippen LogP contribution in [0.1, 0.15) is 29.8 Å². The van der Waals surface area contributed by atoms with Gasteiger partial charge in [0.15, 0.2) is 0 Å². The second-order valence-electron chi connectivity index (χ2n) is 3.80. The normalized spacial score (nSPS) is 15.8. The van der Waals surface area contributed by atoms with E-state index in [9.17, 15) is 0 Å². The minimum Gasteiger partial charge on any atom is -0.216 e. The van der Waals surface area contributed by atoms with Gasteiger partial charge >= 0.3 is 0 Å². The van der Waals surface area contributed by atoms with Crippen LogP contribution in [0.3, 0.4) is 0 Å². The number of hydrogen-bond donors (Lipinski definition) is 0. The Labute approximate surface area is 82.0 Å². The molecule has 0 amide bonds. The van der Waals surface area contributed by atoms with Crippen molar-refractivity contribution in [2.24, 2.45) is 0 Å². The summed E-state index contributed by atoms with van der Waals surface area (Å²) in [5.41, 5.74) is 3.82. The van der Waals surface area contributed by atoms with Crippen LogP contribution in [0.25, 0.3) is 5.78 Å². The number of rotatable bonds is 0. The van der Waals surface area contributed by atoms with Gasteiger partial charge in [-0.25, -0.2) is 9.50 Å². The van der Waals surface area contributed by atoms with Gasteiger partial charge in [-0.15, -0.1) is 0 Å². The number of aromatic nitrogens is 4. The molecule has 4 heteroatoms. The van der Waals surface area contributed by atoms with Crippen LogP contribution in [0, 0.1) is 6.92 Å². The molecule has 1 aliphatic carbocycles. The largest absolute Gasteiger partial charge is 0.252 e. The van der Waals surface area contributed by atoms with Gasteiger partial charge in [-0.3, -0.25) is 0 Å². The molecule has 2 aromatic heterocycles. The summed E-state index contributed by atoms with van der Waals surface area (Å²) in [4.78, 5) is 8.57. The summed E-state index contributed by atoms with van der Waals surface area (Å²) in [6, 6.07) is 0. The van der Waals surface area contributed by atoms with E-state index in [1.807, 2.05) is 4.52 Å². The molecule has 0 N–H and O–H groups in total. The van der Waals surface area contributed by atoms with E-state index in [1.165, 1.54) is 24.1 Å². The summed E-state index contributed by atoms with van der Waals surface area (Å²) < 4.78 is 1.89. The Balaban J connectivity index is 2.39. The van der Waals surface area contributed by atoms with E-state index >= 15 is 0 Å². The standard InChI is InChI=1S/C10H12N4/c1-7-8-4-2-3-5-9(8)14-10(13-7)11-6-12-14/h6H,2-5H2,1H3. The second kappa shape index (κ2) is 2.77. The van der Waals surface area contributed by atoms with E-state index in [4.69, 9.17) is 0 Å². The van der Waals surface area contributed by atoms with Gasteiger partial charge in [0.25, 0.3) is 5.78 Å². The van der Waals surface area contributed by atoms with Crippen molar-refractivity contribution in [2.45, 2.75) is 32.6 Å². The molecule has 0 bridgehead atoms. The van der Waals surface area contributed by atoms with Gasteiger partial charge < -0.3 is 0 Å². The van der Waals surface area contributed by atoms with Gasteiger partial charge in [0.2, 0.25) is 0 Å². The number of nitrogens with zero attached hydrogens (tertiary/aromatic N) is 4. The lowest BCUT2D eigenvalue weighted by molar-refractivity contribution is 0.635. The third-order valence-electron chi connectivity index (χ3n) is 2.93. The van der Waals surface area contributed by atoms with E-state index in [0.29, 0.717) is 0 Å². The molecule has 3 rings (SSSR count). The predicted octanol–water partition coefficient (Wildman–Crippen LogP) is 1.31. The van der Waals surface area contributed by atoms with Crippen molar-refractivity contribution >= 4 is 5.78 Å². The van der Waals surface area contributed by atoms with Gasteiger partial charge in [-0.05, 0) is 38.2 Å². The summed E-state index contributed by atoms with van der Waals surface area (Å²) in [5, 5.41) is 4.22. The zero-order valence-corrected chi connectivity index (χ0v) is 8.19. The Hall–Kier alpha value is -1.45. The highest BCUT2D eigenvalue weighted by Crippen LogP contribution is 2.22. The van der Waals surface area contributed by atoms with Crippen LogP contribution in [0.4, 0.5) is 0 Å². The Morgan fingerprint density at radius 3 is 3.07 bits per heavy atom. The number of fused-ring (bicyclic) bond motifs is 3. The third-order valence-corrected chi connectivity index (χ3v) is 2.93. The lowest BCUT2D eigenvalue weighted by Gasteiger charge is -2.17. The number of hydrogen-bond acceptors (Lipinski definition) is 3. The summed E-state index contributed by atoms with van der Waals surface area (Å²) in [6.45, 7) is 2.07. The number of aryl methyl sites for hydroxylation is 2. The molecule has 14 heavy (non-hydrogen) atoms. The van der Waals surface area contributed by atoms with Gasteiger partial charge in [-0.2, -0.15) is 10.1 Å². The smallest absolute Gasteiger partial charge is 0.216 e. The van der Waals surface area contributed by atoms with Crippen molar-refractivity contribution in [3.05, 3.63) is 23.3 Å². The van der Waals surface area contributed by atoms with Crippen LogP contribution in [-0.2, 0) is 12.8 Å². The van der Waals surface area contributed by atoms with Crippen molar-refractivity contribution in [1.29, 1.82) is 0 Å². The summed E-state index contributed by atoms with van der Waals surface area (Å²) in [5.74, 6) is 0.739. The Morgan fingerprint density at radius 2 is 2.14 bits per heavy atom. The van der Waals surface area contributed by atoms with E-state index in [-0.39, 0.29) is 0 Å². The molecule has 2 aromatic rings. The SMILES string of the molecule is Cc1nc2ncnn2c2c1CCCC2. The molecule has 72 valence electrons. The van der Waals surface area contributed by atoms with Crippen LogP contribution in [0.5, 0.6) is 0 Å². The Morgan fingerprint density at radius 1 is 1.29 bits per heavy atom. The van der Waals surface area contributed by atoms with Crippen LogP contribution >= 0.6 is 0 Å². The Kier molecular flexibility index (Phi) is 1.56. The minimum absolute atomic E-state index is 0.739. The van der Waals surface area contributed by atoms with E-state index in [1.54, 1.807) is 6.33 Å². The molecule has 0 saturated carbocycles. The molecule has 0 aromatic carbocycles. The quantitative estimate of drug-likeness (QED) is 0.626. The maximum Gasteiger partial charge on any atom is 0.252 e. The molecule has 1 aliphatic rings. The van der Waals surface area contributed by atoms with Crippen molar-refractivity contribution in [2.75, 3.05) is 0 Å². The maximum atomic E-state index is 4.44. The fourth-order valence-corrected chi connectivity index (χ4v) is 2.23. The molecule has 0 radical (unpaired) electrons. The molecular weight excluding hydrogens is 176 g/mol. The van der Waals surface area contributed by atoms with E-state index in [0.717, 1.165) is 24.3 Å². The van der Waals surface area contributed by atoms with E-state index < -0.39 is 0 Å². The van der Waals surface area contributed by atoms with Crippen molar-refractivity contribution in [3.8, 4) is 0 Å². The topological polar surface area (TPSA) is 43.1 Å². The van der Waals surface area contributed by atoms with Gasteiger partial charge in [0, 0.05) is 5.69 Å². The fourth-order valence-electron chi connectivity index (χ4n) is 2.23. The van der Waals surface area contributed by atoms with Crippen molar-refractivity contribution in [3.63, 3.8) is 0 Å². The minimum atomic E-state index is 0.739. The highest BCUT2D eigenvalue weighted by atomic mass is 15.3. The molecule has 0 atom stereocenters. The molecular formula is C10H12N4. The highest BCUT2D eigenvalue weighted by Gasteiger charge is 2.16. The summed E-state index contributed by atoms with van der Waals surface area (Å²) in [7, 11) is 0.